The van der Waals surface area contributed by atoms with E-state index in [9.17, 15) is 13.2 Å². The summed E-state index contributed by atoms with van der Waals surface area (Å²) in [4.78, 5) is 15.1. The van der Waals surface area contributed by atoms with Crippen LogP contribution in [0.2, 0.25) is 0 Å². The highest BCUT2D eigenvalue weighted by Gasteiger charge is 2.41. The van der Waals surface area contributed by atoms with Crippen LogP contribution in [0.15, 0.2) is 18.3 Å². The van der Waals surface area contributed by atoms with E-state index in [1.54, 1.807) is 18.3 Å². The van der Waals surface area contributed by atoms with Gasteiger partial charge >= 0.3 is 5.97 Å². The van der Waals surface area contributed by atoms with Gasteiger partial charge in [-0.1, -0.05) is 12.5 Å². The number of nitrogens with one attached hydrogen (secondary N) is 1. The standard InChI is InChI=1S/C13H18N2O5S/c1-20-12-9(4-3-7-14-12)8-15-21(18,19)11-6-2-5-10(11)13(16)17/h3-4,7,10-11,15H,2,5-6,8H2,1H3,(H,16,17). The maximum absolute atomic E-state index is 12.3. The average Bonchev–Trinajstić information content (AvgIpc) is 2.96. The summed E-state index contributed by atoms with van der Waals surface area (Å²) >= 11 is 0. The number of nitrogens with zero attached hydrogens (tertiary/aromatic N) is 1. The van der Waals surface area contributed by atoms with Crippen LogP contribution in [0.3, 0.4) is 0 Å². The molecule has 8 heteroatoms. The van der Waals surface area contributed by atoms with E-state index in [1.807, 2.05) is 0 Å². The number of carbonyl (C=O) groups is 1. The molecule has 0 spiro atoms. The molecule has 2 unspecified atom stereocenters. The van der Waals surface area contributed by atoms with E-state index in [0.717, 1.165) is 0 Å². The maximum Gasteiger partial charge on any atom is 0.307 e. The molecule has 1 fully saturated rings. The number of aliphatic carboxylic acids is 1. The Morgan fingerprint density at radius 2 is 2.29 bits per heavy atom. The summed E-state index contributed by atoms with van der Waals surface area (Å²) in [6, 6.07) is 3.39. The number of aromatic nitrogens is 1. The molecule has 0 amide bonds. The lowest BCUT2D eigenvalue weighted by molar-refractivity contribution is -0.141. The SMILES string of the molecule is COc1ncccc1CNS(=O)(=O)C1CCCC1C(=O)O. The number of pyridine rings is 1. The van der Waals surface area contributed by atoms with Crippen LogP contribution in [-0.2, 0) is 21.4 Å². The average molecular weight is 314 g/mol. The summed E-state index contributed by atoms with van der Waals surface area (Å²) in [5, 5.41) is 8.22. The predicted molar refractivity (Wildman–Crippen MR) is 75.3 cm³/mol. The van der Waals surface area contributed by atoms with E-state index >= 15 is 0 Å². The summed E-state index contributed by atoms with van der Waals surface area (Å²) in [6.45, 7) is 0.0299. The summed E-state index contributed by atoms with van der Waals surface area (Å²) in [5.41, 5.74) is 0.605. The lowest BCUT2D eigenvalue weighted by atomic mass is 10.1. The van der Waals surface area contributed by atoms with Gasteiger partial charge in [0, 0.05) is 18.3 Å². The fourth-order valence-electron chi connectivity index (χ4n) is 2.61. The van der Waals surface area contributed by atoms with E-state index in [0.29, 0.717) is 30.7 Å². The van der Waals surface area contributed by atoms with Gasteiger partial charge in [-0.05, 0) is 18.9 Å². The first-order valence-corrected chi connectivity index (χ1v) is 8.19. The second kappa shape index (κ2) is 6.40. The Hall–Kier alpha value is -1.67. The van der Waals surface area contributed by atoms with Crippen molar-refractivity contribution in [1.82, 2.24) is 9.71 Å². The Morgan fingerprint density at radius 3 is 2.95 bits per heavy atom. The Labute approximate surface area is 123 Å². The molecule has 2 N–H and O–H groups in total. The molecule has 0 radical (unpaired) electrons. The fourth-order valence-corrected chi connectivity index (χ4v) is 4.34. The zero-order chi connectivity index (χ0) is 15.5. The van der Waals surface area contributed by atoms with Gasteiger partial charge in [-0.15, -0.1) is 0 Å². The number of hydrogen-bond acceptors (Lipinski definition) is 5. The highest BCUT2D eigenvalue weighted by Crippen LogP contribution is 2.31. The van der Waals surface area contributed by atoms with Crippen molar-refractivity contribution in [3.8, 4) is 5.88 Å². The third-order valence-electron chi connectivity index (χ3n) is 3.68. The minimum atomic E-state index is -3.69. The van der Waals surface area contributed by atoms with Crippen molar-refractivity contribution in [2.45, 2.75) is 31.1 Å². The highest BCUT2D eigenvalue weighted by molar-refractivity contribution is 7.90. The molecule has 1 aromatic rings. The molecule has 1 heterocycles. The van der Waals surface area contributed by atoms with Gasteiger partial charge in [-0.2, -0.15) is 0 Å². The number of rotatable bonds is 6. The lowest BCUT2D eigenvalue weighted by Crippen LogP contribution is -2.38. The van der Waals surface area contributed by atoms with Crippen molar-refractivity contribution in [2.24, 2.45) is 5.92 Å². The number of methoxy groups -OCH3 is 1. The zero-order valence-electron chi connectivity index (χ0n) is 11.7. The molecule has 0 bridgehead atoms. The third-order valence-corrected chi connectivity index (χ3v) is 5.58. The fraction of sp³-hybridized carbons (Fsp3) is 0.538. The molecular weight excluding hydrogens is 296 g/mol. The Balaban J connectivity index is 2.09. The van der Waals surface area contributed by atoms with E-state index < -0.39 is 27.2 Å². The van der Waals surface area contributed by atoms with Gasteiger partial charge in [0.05, 0.1) is 18.3 Å². The van der Waals surface area contributed by atoms with Gasteiger partial charge in [0.15, 0.2) is 0 Å². The number of carboxylic acid groups (broad SMARTS) is 1. The van der Waals surface area contributed by atoms with Crippen molar-refractivity contribution in [3.63, 3.8) is 0 Å². The van der Waals surface area contributed by atoms with Gasteiger partial charge in [0.2, 0.25) is 15.9 Å². The van der Waals surface area contributed by atoms with Crippen LogP contribution < -0.4 is 9.46 Å². The van der Waals surface area contributed by atoms with Gasteiger partial charge < -0.3 is 9.84 Å². The van der Waals surface area contributed by atoms with Crippen LogP contribution in [0.25, 0.3) is 0 Å². The molecule has 21 heavy (non-hydrogen) atoms. The summed E-state index contributed by atoms with van der Waals surface area (Å²) < 4.78 is 32.1. The van der Waals surface area contributed by atoms with E-state index in [2.05, 4.69) is 9.71 Å². The Morgan fingerprint density at radius 1 is 1.52 bits per heavy atom. The Kier molecular flexibility index (Phi) is 4.79. The van der Waals surface area contributed by atoms with Crippen molar-refractivity contribution >= 4 is 16.0 Å². The van der Waals surface area contributed by atoms with Gasteiger partial charge in [-0.25, -0.2) is 18.1 Å². The second-order valence-corrected chi connectivity index (χ2v) is 6.94. The first kappa shape index (κ1) is 15.7. The number of sulfonamides is 1. The molecule has 1 aromatic heterocycles. The molecule has 1 aliphatic carbocycles. The van der Waals surface area contributed by atoms with Crippen LogP contribution in [0, 0.1) is 5.92 Å². The summed E-state index contributed by atoms with van der Waals surface area (Å²) in [7, 11) is -2.24. The molecule has 2 atom stereocenters. The number of ether oxygens (including phenoxy) is 1. The van der Waals surface area contributed by atoms with Crippen LogP contribution in [0.1, 0.15) is 24.8 Å². The smallest absolute Gasteiger partial charge is 0.307 e. The van der Waals surface area contributed by atoms with E-state index in [-0.39, 0.29) is 6.54 Å². The minimum absolute atomic E-state index is 0.0299. The first-order chi connectivity index (χ1) is 9.95. The van der Waals surface area contributed by atoms with Crippen molar-refractivity contribution in [2.75, 3.05) is 7.11 Å². The van der Waals surface area contributed by atoms with Crippen molar-refractivity contribution in [1.29, 1.82) is 0 Å². The molecule has 1 saturated carbocycles. The van der Waals surface area contributed by atoms with Gasteiger partial charge in [0.25, 0.3) is 0 Å². The summed E-state index contributed by atoms with van der Waals surface area (Å²) in [6.07, 6.45) is 2.93. The molecule has 0 saturated heterocycles. The molecule has 0 aromatic carbocycles. The lowest BCUT2D eigenvalue weighted by Gasteiger charge is -2.17. The molecular formula is C13H18N2O5S. The predicted octanol–water partition coefficient (Wildman–Crippen LogP) is 0.763. The Bertz CT molecular complexity index is 617. The van der Waals surface area contributed by atoms with Gasteiger partial charge in [-0.3, -0.25) is 4.79 Å². The number of hydrogen-bond donors (Lipinski definition) is 2. The van der Waals surface area contributed by atoms with Crippen molar-refractivity contribution < 1.29 is 23.1 Å². The highest BCUT2D eigenvalue weighted by atomic mass is 32.2. The largest absolute Gasteiger partial charge is 0.481 e. The molecule has 2 rings (SSSR count). The number of carboxylic acids is 1. The zero-order valence-corrected chi connectivity index (χ0v) is 12.5. The molecule has 1 aliphatic rings. The first-order valence-electron chi connectivity index (χ1n) is 6.65. The van der Waals surface area contributed by atoms with Gasteiger partial charge in [0.1, 0.15) is 0 Å². The summed E-state index contributed by atoms with van der Waals surface area (Å²) in [5.74, 6) is -1.54. The van der Waals surface area contributed by atoms with E-state index in [1.165, 1.54) is 7.11 Å². The normalized spacial score (nSPS) is 22.1. The van der Waals surface area contributed by atoms with Crippen LogP contribution in [-0.4, -0.2) is 36.8 Å². The minimum Gasteiger partial charge on any atom is -0.481 e. The monoisotopic (exact) mass is 314 g/mol. The van der Waals surface area contributed by atoms with E-state index in [4.69, 9.17) is 9.84 Å². The molecule has 116 valence electrons. The van der Waals surface area contributed by atoms with Crippen LogP contribution in [0.5, 0.6) is 5.88 Å². The van der Waals surface area contributed by atoms with Crippen molar-refractivity contribution in [3.05, 3.63) is 23.9 Å². The third kappa shape index (κ3) is 3.51. The molecule has 7 nitrogen and oxygen atoms in total. The topological polar surface area (TPSA) is 106 Å². The maximum atomic E-state index is 12.3. The molecule has 0 aliphatic heterocycles. The van der Waals surface area contributed by atoms with Crippen LogP contribution in [0.4, 0.5) is 0 Å². The van der Waals surface area contributed by atoms with Crippen LogP contribution >= 0.6 is 0 Å². The quantitative estimate of drug-likeness (QED) is 0.803. The second-order valence-electron chi connectivity index (χ2n) is 4.95.